The number of unbranched alkanes of at least 4 members (excludes halogenated alkanes) is 1. The molecule has 1 amide bonds. The molecule has 0 radical (unpaired) electrons. The van der Waals surface area contributed by atoms with Crippen LogP contribution in [0.15, 0.2) is 71.1 Å². The second-order valence-corrected chi connectivity index (χ2v) is 8.39. The molecule has 2 aromatic carbocycles. The van der Waals surface area contributed by atoms with E-state index in [0.717, 1.165) is 36.3 Å². The monoisotopic (exact) mass is 478 g/mol. The van der Waals surface area contributed by atoms with Crippen molar-refractivity contribution in [2.45, 2.75) is 19.4 Å². The third-order valence-electron chi connectivity index (χ3n) is 5.40. The van der Waals surface area contributed by atoms with Gasteiger partial charge in [-0.25, -0.2) is 0 Å². The Morgan fingerprint density at radius 1 is 1.09 bits per heavy atom. The summed E-state index contributed by atoms with van der Waals surface area (Å²) in [5, 5.41) is 8.93. The number of methoxy groups -OCH3 is 2. The number of ether oxygens (including phenoxy) is 2. The first kappa shape index (κ1) is 23.3. The molecule has 0 saturated heterocycles. The Morgan fingerprint density at radius 3 is 2.74 bits per heavy atom. The molecule has 0 unspecified atom stereocenters. The van der Waals surface area contributed by atoms with Gasteiger partial charge in [-0.2, -0.15) is 5.10 Å². The van der Waals surface area contributed by atoms with Gasteiger partial charge >= 0.3 is 4.87 Å². The van der Waals surface area contributed by atoms with Gasteiger partial charge in [-0.1, -0.05) is 23.5 Å². The largest absolute Gasteiger partial charge is 0.497 e. The summed E-state index contributed by atoms with van der Waals surface area (Å²) in [6, 6.07) is 14.5. The van der Waals surface area contributed by atoms with Crippen molar-refractivity contribution in [3.05, 3.63) is 81.5 Å². The summed E-state index contributed by atoms with van der Waals surface area (Å²) in [6.45, 7) is 1.40. The van der Waals surface area contributed by atoms with Crippen molar-refractivity contribution in [2.75, 3.05) is 20.8 Å². The summed E-state index contributed by atoms with van der Waals surface area (Å²) < 4.78 is 14.3. The highest BCUT2D eigenvalue weighted by Crippen LogP contribution is 2.31. The van der Waals surface area contributed by atoms with E-state index in [2.05, 4.69) is 10.4 Å². The van der Waals surface area contributed by atoms with Gasteiger partial charge in [0, 0.05) is 48.1 Å². The lowest BCUT2D eigenvalue weighted by molar-refractivity contribution is 0.0953. The molecule has 0 aliphatic carbocycles. The highest BCUT2D eigenvalue weighted by molar-refractivity contribution is 7.07. The van der Waals surface area contributed by atoms with E-state index in [0.29, 0.717) is 35.0 Å². The van der Waals surface area contributed by atoms with Crippen molar-refractivity contribution >= 4 is 17.2 Å². The standard InChI is InChI=1S/C25H26N4O4S/c1-32-20-9-10-23(33-2)21(16-20)29-22(17-34-25(29)31)18-7-5-8-19(15-18)24(30)26-11-3-4-13-28-14-6-12-27-28/h5-10,12,14-17H,3-4,11,13H2,1-2H3,(H,26,30). The van der Waals surface area contributed by atoms with Crippen LogP contribution in [0.2, 0.25) is 0 Å². The average molecular weight is 479 g/mol. The van der Waals surface area contributed by atoms with Crippen molar-refractivity contribution in [1.29, 1.82) is 0 Å². The predicted molar refractivity (Wildman–Crippen MR) is 132 cm³/mol. The molecule has 4 aromatic rings. The van der Waals surface area contributed by atoms with Crippen molar-refractivity contribution in [3.63, 3.8) is 0 Å². The first-order chi connectivity index (χ1) is 16.6. The summed E-state index contributed by atoms with van der Waals surface area (Å²) in [7, 11) is 3.13. The number of nitrogens with zero attached hydrogens (tertiary/aromatic N) is 3. The van der Waals surface area contributed by atoms with E-state index in [1.807, 2.05) is 29.1 Å². The fraction of sp³-hybridized carbons (Fsp3) is 0.240. The van der Waals surface area contributed by atoms with Crippen molar-refractivity contribution in [1.82, 2.24) is 19.7 Å². The van der Waals surface area contributed by atoms with Crippen LogP contribution in [0.1, 0.15) is 23.2 Å². The highest BCUT2D eigenvalue weighted by atomic mass is 32.1. The Balaban J connectivity index is 1.51. The molecular formula is C25H26N4O4S. The van der Waals surface area contributed by atoms with Crippen LogP contribution in [0.4, 0.5) is 0 Å². The topological polar surface area (TPSA) is 87.4 Å². The Kier molecular flexibility index (Phi) is 7.44. The second kappa shape index (κ2) is 10.8. The summed E-state index contributed by atoms with van der Waals surface area (Å²) in [5.74, 6) is 1.01. The SMILES string of the molecule is COc1ccc(OC)c(-n2c(-c3cccc(C(=O)NCCCCn4cccn4)c3)csc2=O)c1. The van der Waals surface area contributed by atoms with Gasteiger partial charge < -0.3 is 14.8 Å². The third-order valence-corrected chi connectivity index (χ3v) is 6.13. The average Bonchev–Trinajstić information content (AvgIpc) is 3.53. The molecule has 34 heavy (non-hydrogen) atoms. The molecule has 0 aliphatic rings. The normalized spacial score (nSPS) is 10.8. The zero-order chi connectivity index (χ0) is 23.9. The number of amides is 1. The molecular weight excluding hydrogens is 452 g/mol. The van der Waals surface area contributed by atoms with Gasteiger partial charge in [0.2, 0.25) is 0 Å². The zero-order valence-corrected chi connectivity index (χ0v) is 19.9. The fourth-order valence-corrected chi connectivity index (χ4v) is 4.42. The zero-order valence-electron chi connectivity index (χ0n) is 19.1. The fourth-order valence-electron chi connectivity index (χ4n) is 3.66. The van der Waals surface area contributed by atoms with Gasteiger partial charge in [-0.3, -0.25) is 18.8 Å². The van der Waals surface area contributed by atoms with Gasteiger partial charge in [-0.05, 0) is 43.2 Å². The van der Waals surface area contributed by atoms with Crippen LogP contribution in [-0.2, 0) is 6.54 Å². The summed E-state index contributed by atoms with van der Waals surface area (Å²) in [4.78, 5) is 25.4. The van der Waals surface area contributed by atoms with Crippen LogP contribution >= 0.6 is 11.3 Å². The lowest BCUT2D eigenvalue weighted by Crippen LogP contribution is -2.24. The molecule has 2 aromatic heterocycles. The van der Waals surface area contributed by atoms with Crippen molar-refractivity contribution < 1.29 is 14.3 Å². The minimum Gasteiger partial charge on any atom is -0.497 e. The molecule has 4 rings (SSSR count). The van der Waals surface area contributed by atoms with E-state index in [4.69, 9.17) is 9.47 Å². The second-order valence-electron chi connectivity index (χ2n) is 7.57. The lowest BCUT2D eigenvalue weighted by Gasteiger charge is -2.14. The molecule has 0 aliphatic heterocycles. The smallest absolute Gasteiger partial charge is 0.312 e. The predicted octanol–water partition coefficient (Wildman–Crippen LogP) is 3.99. The van der Waals surface area contributed by atoms with E-state index >= 15 is 0 Å². The number of thiazole rings is 1. The minimum atomic E-state index is -0.159. The van der Waals surface area contributed by atoms with E-state index in [1.165, 1.54) is 0 Å². The molecule has 0 bridgehead atoms. The summed E-state index contributed by atoms with van der Waals surface area (Å²) in [6.07, 6.45) is 5.46. The molecule has 8 nitrogen and oxygen atoms in total. The van der Waals surface area contributed by atoms with E-state index in [9.17, 15) is 9.59 Å². The number of aromatic nitrogens is 3. The van der Waals surface area contributed by atoms with Crippen molar-refractivity contribution in [3.8, 4) is 28.4 Å². The number of hydrogen-bond donors (Lipinski definition) is 1. The minimum absolute atomic E-state index is 0.149. The van der Waals surface area contributed by atoms with E-state index < -0.39 is 0 Å². The number of nitrogens with one attached hydrogen (secondary N) is 1. The maximum absolute atomic E-state index is 12.8. The summed E-state index contributed by atoms with van der Waals surface area (Å²) in [5.41, 5.74) is 2.55. The maximum Gasteiger partial charge on any atom is 0.312 e. The van der Waals surface area contributed by atoms with Crippen LogP contribution in [-0.4, -0.2) is 41.0 Å². The van der Waals surface area contributed by atoms with Crippen LogP contribution in [0.3, 0.4) is 0 Å². The Labute approximate surface area is 201 Å². The van der Waals surface area contributed by atoms with Crippen molar-refractivity contribution in [2.24, 2.45) is 0 Å². The van der Waals surface area contributed by atoms with E-state index in [-0.39, 0.29) is 10.8 Å². The Bertz CT molecular complexity index is 1310. The van der Waals surface area contributed by atoms with E-state index in [1.54, 1.807) is 60.7 Å². The van der Waals surface area contributed by atoms with Gasteiger partial charge in [0.25, 0.3) is 5.91 Å². The number of carbonyl (C=O) groups excluding carboxylic acids is 1. The van der Waals surface area contributed by atoms with Crippen LogP contribution in [0.5, 0.6) is 11.5 Å². The number of hydrogen-bond acceptors (Lipinski definition) is 6. The van der Waals surface area contributed by atoms with Gasteiger partial charge in [-0.15, -0.1) is 0 Å². The van der Waals surface area contributed by atoms with Crippen LogP contribution < -0.4 is 19.7 Å². The van der Waals surface area contributed by atoms with Gasteiger partial charge in [0.1, 0.15) is 11.5 Å². The number of benzene rings is 2. The Hall–Kier alpha value is -3.85. The highest BCUT2D eigenvalue weighted by Gasteiger charge is 2.17. The first-order valence-electron chi connectivity index (χ1n) is 10.9. The molecule has 0 spiro atoms. The quantitative estimate of drug-likeness (QED) is 0.348. The first-order valence-corrected chi connectivity index (χ1v) is 11.8. The summed E-state index contributed by atoms with van der Waals surface area (Å²) >= 11 is 1.09. The molecule has 2 heterocycles. The van der Waals surface area contributed by atoms with Gasteiger partial charge in [0.05, 0.1) is 25.6 Å². The van der Waals surface area contributed by atoms with Crippen LogP contribution in [0, 0.1) is 0 Å². The third kappa shape index (κ3) is 5.20. The maximum atomic E-state index is 12.8. The van der Waals surface area contributed by atoms with Crippen LogP contribution in [0.25, 0.3) is 16.9 Å². The molecule has 1 N–H and O–H groups in total. The number of aryl methyl sites for hydroxylation is 1. The lowest BCUT2D eigenvalue weighted by atomic mass is 10.1. The van der Waals surface area contributed by atoms with Gasteiger partial charge in [0.15, 0.2) is 0 Å². The molecule has 0 atom stereocenters. The molecule has 9 heteroatoms. The molecule has 0 saturated carbocycles. The molecule has 0 fully saturated rings. The number of carbonyl (C=O) groups is 1. The Morgan fingerprint density at radius 2 is 1.97 bits per heavy atom. The number of rotatable bonds is 10. The molecule has 176 valence electrons.